The van der Waals surface area contributed by atoms with Crippen LogP contribution in [0.3, 0.4) is 0 Å². The highest BCUT2D eigenvalue weighted by Gasteiger charge is 2.30. The number of halogens is 1. The van der Waals surface area contributed by atoms with E-state index in [4.69, 9.17) is 21.1 Å². The van der Waals surface area contributed by atoms with Gasteiger partial charge < -0.3 is 9.47 Å². The summed E-state index contributed by atoms with van der Waals surface area (Å²) in [7, 11) is 0. The molecule has 34 heavy (non-hydrogen) atoms. The molecule has 4 nitrogen and oxygen atoms in total. The molecule has 0 saturated heterocycles. The van der Waals surface area contributed by atoms with E-state index in [1.807, 2.05) is 54.6 Å². The molecule has 5 rings (SSSR count). The molecule has 1 aliphatic heterocycles. The first-order valence-corrected chi connectivity index (χ1v) is 11.1. The number of allylic oxidation sites excluding steroid dienone is 1. The van der Waals surface area contributed by atoms with Crippen LogP contribution in [0.1, 0.15) is 31.8 Å². The molecular formula is C29H19ClO4. The zero-order valence-corrected chi connectivity index (χ0v) is 19.0. The molecule has 0 fully saturated rings. The molecule has 0 atom stereocenters. The Bertz CT molecular complexity index is 1420. The number of ether oxygens (including phenoxy) is 2. The summed E-state index contributed by atoms with van der Waals surface area (Å²) in [6.45, 7) is 1.79. The Kier molecular flexibility index (Phi) is 5.74. The quantitative estimate of drug-likeness (QED) is 0.182. The summed E-state index contributed by atoms with van der Waals surface area (Å²) in [5, 5.41) is 0.533. The van der Waals surface area contributed by atoms with Crippen molar-refractivity contribution in [2.45, 2.75) is 6.92 Å². The third kappa shape index (κ3) is 4.36. The molecule has 1 heterocycles. The topological polar surface area (TPSA) is 52.6 Å². The number of esters is 1. The van der Waals surface area contributed by atoms with E-state index in [1.165, 1.54) is 0 Å². The van der Waals surface area contributed by atoms with Gasteiger partial charge in [0.2, 0.25) is 5.78 Å². The number of hydrogen-bond donors (Lipinski definition) is 0. The van der Waals surface area contributed by atoms with Crippen molar-refractivity contribution in [2.24, 2.45) is 0 Å². The SMILES string of the molecule is Cc1cc(OC(=O)c2ccc(Cl)cc2)cc2c1C(=O)/C(=C/c1ccc(-c3ccccc3)cc1)O2. The summed E-state index contributed by atoms with van der Waals surface area (Å²) >= 11 is 5.88. The molecule has 0 amide bonds. The van der Waals surface area contributed by atoms with Gasteiger partial charge in [0.25, 0.3) is 0 Å². The zero-order valence-electron chi connectivity index (χ0n) is 18.2. The fourth-order valence-corrected chi connectivity index (χ4v) is 3.97. The second-order valence-corrected chi connectivity index (χ2v) is 8.37. The van der Waals surface area contributed by atoms with Crippen molar-refractivity contribution in [3.8, 4) is 22.6 Å². The van der Waals surface area contributed by atoms with E-state index in [0.29, 0.717) is 33.2 Å². The van der Waals surface area contributed by atoms with Gasteiger partial charge in [-0.15, -0.1) is 0 Å². The van der Waals surface area contributed by atoms with Crippen molar-refractivity contribution in [3.05, 3.63) is 124 Å². The van der Waals surface area contributed by atoms with Crippen molar-refractivity contribution in [2.75, 3.05) is 0 Å². The molecule has 166 valence electrons. The average Bonchev–Trinajstić information content (AvgIpc) is 3.15. The molecule has 0 unspecified atom stereocenters. The molecule has 1 aliphatic rings. The van der Waals surface area contributed by atoms with Crippen molar-refractivity contribution in [1.29, 1.82) is 0 Å². The Balaban J connectivity index is 1.36. The Morgan fingerprint density at radius 1 is 0.882 bits per heavy atom. The van der Waals surface area contributed by atoms with Gasteiger partial charge in [0, 0.05) is 11.1 Å². The van der Waals surface area contributed by atoms with Crippen molar-refractivity contribution in [1.82, 2.24) is 0 Å². The van der Waals surface area contributed by atoms with Gasteiger partial charge in [0.1, 0.15) is 11.5 Å². The molecule has 0 aliphatic carbocycles. The minimum atomic E-state index is -0.519. The molecule has 0 saturated carbocycles. The maximum atomic E-state index is 13.0. The fraction of sp³-hybridized carbons (Fsp3) is 0.0345. The molecular weight excluding hydrogens is 448 g/mol. The molecule has 4 aromatic rings. The van der Waals surface area contributed by atoms with Gasteiger partial charge in [0.05, 0.1) is 11.1 Å². The molecule has 0 N–H and O–H groups in total. The lowest BCUT2D eigenvalue weighted by atomic mass is 10.0. The molecule has 5 heteroatoms. The van der Waals surface area contributed by atoms with Gasteiger partial charge in [-0.2, -0.15) is 0 Å². The van der Waals surface area contributed by atoms with Crippen LogP contribution in [0.2, 0.25) is 5.02 Å². The number of hydrogen-bond acceptors (Lipinski definition) is 4. The number of benzene rings is 4. The Labute approximate surface area is 202 Å². The number of ketones is 1. The lowest BCUT2D eigenvalue weighted by molar-refractivity contribution is 0.0734. The van der Waals surface area contributed by atoms with Crippen LogP contribution in [0.5, 0.6) is 11.5 Å². The summed E-state index contributed by atoms with van der Waals surface area (Å²) in [4.78, 5) is 25.4. The first-order valence-electron chi connectivity index (χ1n) is 10.7. The smallest absolute Gasteiger partial charge is 0.343 e. The second-order valence-electron chi connectivity index (χ2n) is 7.94. The summed E-state index contributed by atoms with van der Waals surface area (Å²) in [6, 6.07) is 27.6. The third-order valence-electron chi connectivity index (χ3n) is 5.55. The first kappa shape index (κ1) is 21.7. The standard InChI is InChI=1S/C29H19ClO4/c1-18-15-24(33-29(32)22-11-13-23(30)14-12-22)17-25-27(18)28(31)26(34-25)16-19-7-9-21(10-8-19)20-5-3-2-4-6-20/h2-17H,1H3/b26-16-. The number of rotatable bonds is 4. The summed E-state index contributed by atoms with van der Waals surface area (Å²) < 4.78 is 11.4. The van der Waals surface area contributed by atoms with Gasteiger partial charge in [-0.1, -0.05) is 66.2 Å². The van der Waals surface area contributed by atoms with Crippen molar-refractivity contribution in [3.63, 3.8) is 0 Å². The summed E-state index contributed by atoms with van der Waals surface area (Å²) in [5.41, 5.74) is 4.58. The van der Waals surface area contributed by atoms with Crippen LogP contribution >= 0.6 is 11.6 Å². The second kappa shape index (κ2) is 9.00. The lowest BCUT2D eigenvalue weighted by Gasteiger charge is -2.08. The molecule has 4 aromatic carbocycles. The van der Waals surface area contributed by atoms with Crippen LogP contribution in [0.25, 0.3) is 17.2 Å². The predicted octanol–water partition coefficient (Wildman–Crippen LogP) is 7.15. The van der Waals surface area contributed by atoms with E-state index in [9.17, 15) is 9.59 Å². The number of aryl methyl sites for hydroxylation is 1. The van der Waals surface area contributed by atoms with Gasteiger partial charge in [-0.25, -0.2) is 4.79 Å². The van der Waals surface area contributed by atoms with E-state index in [0.717, 1.165) is 16.7 Å². The minimum Gasteiger partial charge on any atom is -0.452 e. The summed E-state index contributed by atoms with van der Waals surface area (Å²) in [5.74, 6) is 0.185. The minimum absolute atomic E-state index is 0.199. The Hall–Kier alpha value is -4.15. The molecule has 0 aromatic heterocycles. The van der Waals surface area contributed by atoms with Gasteiger partial charge in [-0.3, -0.25) is 4.79 Å². The van der Waals surface area contributed by atoms with E-state index < -0.39 is 5.97 Å². The van der Waals surface area contributed by atoms with Crippen molar-refractivity contribution >= 4 is 29.4 Å². The number of carbonyl (C=O) groups excluding carboxylic acids is 2. The fourth-order valence-electron chi connectivity index (χ4n) is 3.84. The highest BCUT2D eigenvalue weighted by molar-refractivity contribution is 6.30. The highest BCUT2D eigenvalue weighted by atomic mass is 35.5. The predicted molar refractivity (Wildman–Crippen MR) is 132 cm³/mol. The maximum Gasteiger partial charge on any atom is 0.343 e. The lowest BCUT2D eigenvalue weighted by Crippen LogP contribution is -2.08. The van der Waals surface area contributed by atoms with Crippen LogP contribution in [0, 0.1) is 6.92 Å². The Morgan fingerprint density at radius 2 is 1.56 bits per heavy atom. The van der Waals surface area contributed by atoms with Crippen LogP contribution in [0.15, 0.2) is 96.8 Å². The van der Waals surface area contributed by atoms with E-state index in [1.54, 1.807) is 49.4 Å². The maximum absolute atomic E-state index is 13.0. The number of Topliss-reactive ketones (excluding diaryl/α,β-unsaturated/α-hetero) is 1. The molecule has 0 bridgehead atoms. The summed E-state index contributed by atoms with van der Waals surface area (Å²) in [6.07, 6.45) is 1.72. The zero-order chi connectivity index (χ0) is 23.7. The monoisotopic (exact) mass is 466 g/mol. The van der Waals surface area contributed by atoms with Gasteiger partial charge in [-0.05, 0) is 65.6 Å². The van der Waals surface area contributed by atoms with Crippen LogP contribution in [-0.2, 0) is 0 Å². The Morgan fingerprint density at radius 3 is 2.26 bits per heavy atom. The van der Waals surface area contributed by atoms with Gasteiger partial charge in [0.15, 0.2) is 5.76 Å². The van der Waals surface area contributed by atoms with Gasteiger partial charge >= 0.3 is 5.97 Å². The van der Waals surface area contributed by atoms with E-state index >= 15 is 0 Å². The molecule has 0 spiro atoms. The third-order valence-corrected chi connectivity index (χ3v) is 5.80. The normalized spacial score (nSPS) is 13.5. The highest BCUT2D eigenvalue weighted by Crippen LogP contribution is 2.38. The number of carbonyl (C=O) groups is 2. The largest absolute Gasteiger partial charge is 0.452 e. The van der Waals surface area contributed by atoms with E-state index in [2.05, 4.69) is 0 Å². The van der Waals surface area contributed by atoms with Crippen LogP contribution < -0.4 is 9.47 Å². The van der Waals surface area contributed by atoms with Crippen LogP contribution in [-0.4, -0.2) is 11.8 Å². The number of fused-ring (bicyclic) bond motifs is 1. The first-order chi connectivity index (χ1) is 16.5. The van der Waals surface area contributed by atoms with Crippen LogP contribution in [0.4, 0.5) is 0 Å². The van der Waals surface area contributed by atoms with E-state index in [-0.39, 0.29) is 11.5 Å². The molecule has 0 radical (unpaired) electrons. The average molecular weight is 467 g/mol. The van der Waals surface area contributed by atoms with Crippen molar-refractivity contribution < 1.29 is 19.1 Å².